The third-order valence-electron chi connectivity index (χ3n) is 4.06. The number of hydrogen-bond acceptors (Lipinski definition) is 5. The molecular weight excluding hydrogens is 318 g/mol. The molecule has 25 heavy (non-hydrogen) atoms. The van der Waals surface area contributed by atoms with E-state index in [4.69, 9.17) is 15.2 Å². The molecule has 1 aliphatic rings. The van der Waals surface area contributed by atoms with Crippen molar-refractivity contribution in [3.8, 4) is 5.75 Å². The third-order valence-corrected chi connectivity index (χ3v) is 4.06. The summed E-state index contributed by atoms with van der Waals surface area (Å²) in [5.74, 6) is 0.611. The van der Waals surface area contributed by atoms with Gasteiger partial charge in [0.1, 0.15) is 12.4 Å². The molecule has 0 radical (unpaired) electrons. The fraction of sp³-hybridized carbons (Fsp3) is 0.263. The van der Waals surface area contributed by atoms with Gasteiger partial charge in [-0.25, -0.2) is 4.99 Å². The van der Waals surface area contributed by atoms with E-state index in [1.54, 1.807) is 31.4 Å². The molecule has 0 aliphatic carbocycles. The summed E-state index contributed by atoms with van der Waals surface area (Å²) in [7, 11) is 1.61. The number of aryl methyl sites for hydroxylation is 1. The first kappa shape index (κ1) is 16.8. The number of methoxy groups -OCH3 is 1. The van der Waals surface area contributed by atoms with Gasteiger partial charge in [0.2, 0.25) is 0 Å². The van der Waals surface area contributed by atoms with Gasteiger partial charge >= 0.3 is 0 Å². The first-order valence-corrected chi connectivity index (χ1v) is 8.14. The summed E-state index contributed by atoms with van der Waals surface area (Å²) >= 11 is 0. The predicted octanol–water partition coefficient (Wildman–Crippen LogP) is 2.59. The van der Waals surface area contributed by atoms with Crippen molar-refractivity contribution in [2.24, 2.45) is 10.7 Å². The molecule has 6 nitrogen and oxygen atoms in total. The standard InChI is InChI=1S/C19H21N3O3/c1-24-17-10-8-15(9-11-17)21-18(23)14-5-2-13(3-6-14)4-7-16-12-25-19(20)22-16/h2-3,5-6,8-11,16H,4,7,12H2,1H3,(H2,20,22)(H,21,23). The monoisotopic (exact) mass is 339 g/mol. The van der Waals surface area contributed by atoms with Crippen LogP contribution in [0.3, 0.4) is 0 Å². The molecule has 1 atom stereocenters. The number of nitrogens with one attached hydrogen (secondary N) is 1. The van der Waals surface area contributed by atoms with Crippen LogP contribution in [0.15, 0.2) is 53.5 Å². The Morgan fingerprint density at radius 2 is 1.96 bits per heavy atom. The Bertz CT molecular complexity index is 754. The van der Waals surface area contributed by atoms with Crippen LogP contribution < -0.4 is 15.8 Å². The van der Waals surface area contributed by atoms with E-state index < -0.39 is 0 Å². The summed E-state index contributed by atoms with van der Waals surface area (Å²) in [5, 5.41) is 2.87. The average Bonchev–Trinajstić information content (AvgIpc) is 3.06. The van der Waals surface area contributed by atoms with Crippen molar-refractivity contribution in [2.75, 3.05) is 19.0 Å². The number of ether oxygens (including phenoxy) is 2. The number of carbonyl (C=O) groups is 1. The van der Waals surface area contributed by atoms with Crippen molar-refractivity contribution in [3.63, 3.8) is 0 Å². The van der Waals surface area contributed by atoms with Crippen molar-refractivity contribution in [1.82, 2.24) is 0 Å². The molecule has 0 aromatic heterocycles. The highest BCUT2D eigenvalue weighted by atomic mass is 16.5. The van der Waals surface area contributed by atoms with Crippen LogP contribution in [0.2, 0.25) is 0 Å². The number of amides is 1. The van der Waals surface area contributed by atoms with Gasteiger partial charge < -0.3 is 20.5 Å². The lowest BCUT2D eigenvalue weighted by atomic mass is 10.0. The first-order chi connectivity index (χ1) is 12.1. The minimum atomic E-state index is -0.140. The molecule has 1 unspecified atom stereocenters. The molecule has 0 saturated carbocycles. The highest BCUT2D eigenvalue weighted by Gasteiger charge is 2.16. The van der Waals surface area contributed by atoms with Crippen LogP contribution in [0.1, 0.15) is 22.3 Å². The van der Waals surface area contributed by atoms with Gasteiger partial charge in [0.25, 0.3) is 11.9 Å². The van der Waals surface area contributed by atoms with E-state index in [1.807, 2.05) is 24.3 Å². The van der Waals surface area contributed by atoms with Crippen molar-refractivity contribution in [3.05, 3.63) is 59.7 Å². The third kappa shape index (κ3) is 4.50. The van der Waals surface area contributed by atoms with Crippen LogP contribution in [0.25, 0.3) is 0 Å². The van der Waals surface area contributed by atoms with Crippen LogP contribution in [0.5, 0.6) is 5.75 Å². The lowest BCUT2D eigenvalue weighted by Crippen LogP contribution is -2.12. The second-order valence-electron chi connectivity index (χ2n) is 5.85. The van der Waals surface area contributed by atoms with E-state index in [1.165, 1.54) is 0 Å². The number of nitrogens with two attached hydrogens (primary N) is 1. The summed E-state index contributed by atoms with van der Waals surface area (Å²) in [4.78, 5) is 16.5. The lowest BCUT2D eigenvalue weighted by molar-refractivity contribution is 0.102. The van der Waals surface area contributed by atoms with Crippen LogP contribution in [0, 0.1) is 0 Å². The first-order valence-electron chi connectivity index (χ1n) is 8.14. The zero-order valence-electron chi connectivity index (χ0n) is 14.1. The van der Waals surface area contributed by atoms with Gasteiger partial charge in [0, 0.05) is 11.3 Å². The summed E-state index contributed by atoms with van der Waals surface area (Å²) < 4.78 is 10.2. The molecule has 1 aliphatic heterocycles. The number of amidine groups is 1. The largest absolute Gasteiger partial charge is 0.497 e. The van der Waals surface area contributed by atoms with Crippen molar-refractivity contribution in [2.45, 2.75) is 18.9 Å². The van der Waals surface area contributed by atoms with E-state index in [9.17, 15) is 4.79 Å². The Kier molecular flexibility index (Phi) is 5.18. The minimum absolute atomic E-state index is 0.123. The Hall–Kier alpha value is -3.02. The van der Waals surface area contributed by atoms with E-state index >= 15 is 0 Å². The fourth-order valence-corrected chi connectivity index (χ4v) is 2.62. The highest BCUT2D eigenvalue weighted by molar-refractivity contribution is 6.04. The Morgan fingerprint density at radius 3 is 2.56 bits per heavy atom. The maximum absolute atomic E-state index is 12.3. The van der Waals surface area contributed by atoms with E-state index in [-0.39, 0.29) is 18.0 Å². The lowest BCUT2D eigenvalue weighted by Gasteiger charge is -2.08. The van der Waals surface area contributed by atoms with Gasteiger partial charge in [-0.1, -0.05) is 12.1 Å². The van der Waals surface area contributed by atoms with Crippen LogP contribution >= 0.6 is 0 Å². The van der Waals surface area contributed by atoms with Gasteiger partial charge in [-0.3, -0.25) is 4.79 Å². The molecule has 1 amide bonds. The second-order valence-corrected chi connectivity index (χ2v) is 5.85. The van der Waals surface area contributed by atoms with Gasteiger partial charge in [-0.05, 0) is 54.8 Å². The van der Waals surface area contributed by atoms with Crippen LogP contribution in [0.4, 0.5) is 5.69 Å². The fourth-order valence-electron chi connectivity index (χ4n) is 2.62. The number of aliphatic imine (C=N–C) groups is 1. The smallest absolute Gasteiger partial charge is 0.282 e. The molecule has 6 heteroatoms. The molecule has 1 heterocycles. The molecule has 2 aromatic rings. The SMILES string of the molecule is COc1ccc(NC(=O)c2ccc(CCC3COC(N)=N3)cc2)cc1. The Labute approximate surface area is 146 Å². The number of hydrogen-bond donors (Lipinski definition) is 2. The topological polar surface area (TPSA) is 85.9 Å². The normalized spacial score (nSPS) is 16.0. The molecular formula is C19H21N3O3. The van der Waals surface area contributed by atoms with Gasteiger partial charge in [-0.2, -0.15) is 0 Å². The van der Waals surface area contributed by atoms with Crippen molar-refractivity contribution < 1.29 is 14.3 Å². The maximum Gasteiger partial charge on any atom is 0.282 e. The molecule has 130 valence electrons. The number of anilines is 1. The van der Waals surface area contributed by atoms with Crippen LogP contribution in [-0.2, 0) is 11.2 Å². The summed E-state index contributed by atoms with van der Waals surface area (Å²) in [6.45, 7) is 0.550. The number of benzene rings is 2. The number of nitrogens with zero attached hydrogens (tertiary/aromatic N) is 1. The molecule has 2 aromatic carbocycles. The number of rotatable bonds is 6. The molecule has 3 N–H and O–H groups in total. The maximum atomic E-state index is 12.3. The minimum Gasteiger partial charge on any atom is -0.497 e. The van der Waals surface area contributed by atoms with Gasteiger partial charge in [-0.15, -0.1) is 0 Å². The molecule has 3 rings (SSSR count). The summed E-state index contributed by atoms with van der Waals surface area (Å²) in [6, 6.07) is 15.2. The quantitative estimate of drug-likeness (QED) is 0.847. The highest BCUT2D eigenvalue weighted by Crippen LogP contribution is 2.17. The van der Waals surface area contributed by atoms with Crippen LogP contribution in [-0.4, -0.2) is 31.7 Å². The summed E-state index contributed by atoms with van der Waals surface area (Å²) in [5.41, 5.74) is 8.00. The Balaban J connectivity index is 1.54. The summed E-state index contributed by atoms with van der Waals surface area (Å²) in [6.07, 6.45) is 1.74. The molecule has 0 spiro atoms. The number of carbonyl (C=O) groups excluding carboxylic acids is 1. The Morgan fingerprint density at radius 1 is 1.24 bits per heavy atom. The predicted molar refractivity (Wildman–Crippen MR) is 97.1 cm³/mol. The van der Waals surface area contributed by atoms with E-state index in [2.05, 4.69) is 10.3 Å². The molecule has 0 saturated heterocycles. The average molecular weight is 339 g/mol. The van der Waals surface area contributed by atoms with E-state index in [0.717, 1.165) is 29.8 Å². The molecule has 0 fully saturated rings. The second kappa shape index (κ2) is 7.70. The molecule has 0 bridgehead atoms. The van der Waals surface area contributed by atoms with Gasteiger partial charge in [0.05, 0.1) is 13.2 Å². The zero-order chi connectivity index (χ0) is 17.6. The van der Waals surface area contributed by atoms with E-state index in [0.29, 0.717) is 12.2 Å². The zero-order valence-corrected chi connectivity index (χ0v) is 14.1. The van der Waals surface area contributed by atoms with Crippen molar-refractivity contribution >= 4 is 17.6 Å². The van der Waals surface area contributed by atoms with Crippen molar-refractivity contribution in [1.29, 1.82) is 0 Å². The van der Waals surface area contributed by atoms with Gasteiger partial charge in [0.15, 0.2) is 0 Å².